The van der Waals surface area contributed by atoms with Gasteiger partial charge in [0.25, 0.3) is 0 Å². The Morgan fingerprint density at radius 1 is 0.556 bits per heavy atom. The van der Waals surface area contributed by atoms with E-state index in [1.807, 2.05) is 0 Å². The maximum Gasteiger partial charge on any atom is 0.0435 e. The van der Waals surface area contributed by atoms with E-state index >= 15 is 0 Å². The number of hydrogen-bond acceptors (Lipinski definition) is 0. The Morgan fingerprint density at radius 2 is 1.04 bits per heavy atom. The van der Waals surface area contributed by atoms with E-state index in [-0.39, 0.29) is 5.41 Å². The normalized spacial score (nSPS) is 13.9. The summed E-state index contributed by atoms with van der Waals surface area (Å²) in [5.41, 5.74) is 9.14. The molecule has 1 aliphatic carbocycles. The van der Waals surface area contributed by atoms with Crippen LogP contribution < -0.4 is 0 Å². The Balaban J connectivity index is 1.67. The van der Waals surface area contributed by atoms with Gasteiger partial charge in [0, 0.05) is 9.89 Å². The van der Waals surface area contributed by atoms with E-state index in [1.165, 1.54) is 38.9 Å². The molecule has 0 unspecified atom stereocenters. The van der Waals surface area contributed by atoms with Gasteiger partial charge in [-0.25, -0.2) is 0 Å². The molecule has 0 nitrogen and oxygen atoms in total. The van der Waals surface area contributed by atoms with E-state index in [1.54, 1.807) is 0 Å². The van der Waals surface area contributed by atoms with Crippen LogP contribution in [0.25, 0.3) is 22.3 Å². The van der Waals surface area contributed by atoms with Crippen molar-refractivity contribution in [1.29, 1.82) is 0 Å². The molecule has 1 aliphatic rings. The second-order valence-corrected chi connectivity index (χ2v) is 8.13. The number of rotatable bonds is 2. The van der Waals surface area contributed by atoms with E-state index in [4.69, 9.17) is 0 Å². The summed E-state index contributed by atoms with van der Waals surface area (Å²) in [6.07, 6.45) is 0. The molecule has 0 atom stereocenters. The lowest BCUT2D eigenvalue weighted by Gasteiger charge is -2.28. The summed E-state index contributed by atoms with van der Waals surface area (Å²) in [4.78, 5) is 0. The fraction of sp³-hybridized carbons (Fsp3) is 0.0769. The average molecular weight is 411 g/mol. The van der Waals surface area contributed by atoms with Gasteiger partial charge in [0.05, 0.1) is 0 Å². The van der Waals surface area contributed by atoms with Crippen molar-refractivity contribution in [2.45, 2.75) is 12.3 Å². The van der Waals surface area contributed by atoms with Crippen LogP contribution in [-0.4, -0.2) is 0 Å². The molecule has 1 heteroatoms. The highest BCUT2D eigenvalue weighted by Gasteiger charge is 2.40. The molecule has 0 amide bonds. The standard InChI is InChI=1S/C26H19Br/c1-26(19-16-14-18(15-17-19)20-8-4-7-13-25(20)27)23-11-5-2-9-21(23)22-10-3-6-12-24(22)26/h2-17H,1H3. The van der Waals surface area contributed by atoms with Gasteiger partial charge in [-0.2, -0.15) is 0 Å². The van der Waals surface area contributed by atoms with Gasteiger partial charge >= 0.3 is 0 Å². The largest absolute Gasteiger partial charge is 0.0619 e. The SMILES string of the molecule is CC1(c2ccc(-c3ccccc3Br)cc2)c2ccccc2-c2ccccc21. The maximum atomic E-state index is 3.67. The van der Waals surface area contributed by atoms with E-state index in [0.29, 0.717) is 0 Å². The molecule has 0 saturated heterocycles. The van der Waals surface area contributed by atoms with Crippen LogP contribution in [0.5, 0.6) is 0 Å². The van der Waals surface area contributed by atoms with E-state index in [0.717, 1.165) is 4.47 Å². The van der Waals surface area contributed by atoms with Crippen LogP contribution >= 0.6 is 15.9 Å². The first-order valence-electron chi connectivity index (χ1n) is 9.24. The quantitative estimate of drug-likeness (QED) is 0.321. The molecule has 0 aliphatic heterocycles. The molecular formula is C26H19Br. The lowest BCUT2D eigenvalue weighted by molar-refractivity contribution is 0.714. The van der Waals surface area contributed by atoms with Gasteiger partial charge in [-0.1, -0.05) is 107 Å². The van der Waals surface area contributed by atoms with Gasteiger partial charge in [-0.3, -0.25) is 0 Å². The average Bonchev–Trinajstić information content (AvgIpc) is 2.99. The molecule has 5 rings (SSSR count). The summed E-state index contributed by atoms with van der Waals surface area (Å²) in [6, 6.07) is 35.0. The minimum absolute atomic E-state index is 0.125. The van der Waals surface area contributed by atoms with Crippen molar-refractivity contribution < 1.29 is 0 Å². The van der Waals surface area contributed by atoms with Crippen LogP contribution in [0, 0.1) is 0 Å². The number of benzene rings is 4. The van der Waals surface area contributed by atoms with Crippen molar-refractivity contribution in [2.75, 3.05) is 0 Å². The van der Waals surface area contributed by atoms with Crippen LogP contribution in [0.3, 0.4) is 0 Å². The Kier molecular flexibility index (Phi) is 3.80. The molecule has 0 bridgehead atoms. The summed E-state index contributed by atoms with van der Waals surface area (Å²) in [7, 11) is 0. The zero-order chi connectivity index (χ0) is 18.4. The van der Waals surface area contributed by atoms with E-state index < -0.39 is 0 Å². The summed E-state index contributed by atoms with van der Waals surface area (Å²) in [6.45, 7) is 2.35. The Bertz CT molecular complexity index is 1090. The smallest absolute Gasteiger partial charge is 0.0435 e. The fourth-order valence-electron chi connectivity index (χ4n) is 4.44. The van der Waals surface area contributed by atoms with Gasteiger partial charge in [0.2, 0.25) is 0 Å². The summed E-state index contributed by atoms with van der Waals surface area (Å²) < 4.78 is 1.13. The summed E-state index contributed by atoms with van der Waals surface area (Å²) in [5, 5.41) is 0. The van der Waals surface area contributed by atoms with Gasteiger partial charge in [-0.05, 0) is 51.9 Å². The second-order valence-electron chi connectivity index (χ2n) is 7.27. The molecule has 0 N–H and O–H groups in total. The predicted octanol–water partition coefficient (Wildman–Crippen LogP) is 7.45. The van der Waals surface area contributed by atoms with Crippen LogP contribution in [0.15, 0.2) is 102 Å². The molecule has 0 spiro atoms. The summed E-state index contributed by atoms with van der Waals surface area (Å²) in [5.74, 6) is 0. The van der Waals surface area contributed by atoms with Gasteiger partial charge in [0.1, 0.15) is 0 Å². The molecule has 27 heavy (non-hydrogen) atoms. The van der Waals surface area contributed by atoms with Crippen molar-refractivity contribution in [2.24, 2.45) is 0 Å². The first-order chi connectivity index (χ1) is 13.2. The molecule has 0 fully saturated rings. The van der Waals surface area contributed by atoms with Crippen LogP contribution in [0.4, 0.5) is 0 Å². The third-order valence-electron chi connectivity index (χ3n) is 5.87. The number of hydrogen-bond donors (Lipinski definition) is 0. The third-order valence-corrected chi connectivity index (χ3v) is 6.56. The van der Waals surface area contributed by atoms with Gasteiger partial charge in [-0.15, -0.1) is 0 Å². The van der Waals surface area contributed by atoms with Crippen LogP contribution in [0.1, 0.15) is 23.6 Å². The van der Waals surface area contributed by atoms with Crippen molar-refractivity contribution in [3.63, 3.8) is 0 Å². The van der Waals surface area contributed by atoms with Crippen molar-refractivity contribution in [3.05, 3.63) is 118 Å². The molecular weight excluding hydrogens is 392 g/mol. The molecule has 0 heterocycles. The minimum atomic E-state index is -0.125. The highest BCUT2D eigenvalue weighted by molar-refractivity contribution is 9.10. The molecule has 4 aromatic rings. The highest BCUT2D eigenvalue weighted by atomic mass is 79.9. The van der Waals surface area contributed by atoms with E-state index in [2.05, 4.69) is 120 Å². The predicted molar refractivity (Wildman–Crippen MR) is 117 cm³/mol. The Labute approximate surface area is 168 Å². The molecule has 0 aromatic heterocycles. The Hall–Kier alpha value is -2.64. The highest BCUT2D eigenvalue weighted by Crippen LogP contribution is 2.52. The van der Waals surface area contributed by atoms with Crippen molar-refractivity contribution in [3.8, 4) is 22.3 Å². The lowest BCUT2D eigenvalue weighted by Crippen LogP contribution is -2.22. The van der Waals surface area contributed by atoms with Gasteiger partial charge < -0.3 is 0 Å². The molecule has 4 aromatic carbocycles. The topological polar surface area (TPSA) is 0 Å². The second kappa shape index (κ2) is 6.21. The monoisotopic (exact) mass is 410 g/mol. The fourth-order valence-corrected chi connectivity index (χ4v) is 4.96. The zero-order valence-electron chi connectivity index (χ0n) is 15.1. The van der Waals surface area contributed by atoms with Gasteiger partial charge in [0.15, 0.2) is 0 Å². The van der Waals surface area contributed by atoms with Crippen molar-refractivity contribution >= 4 is 15.9 Å². The first-order valence-corrected chi connectivity index (χ1v) is 10.0. The van der Waals surface area contributed by atoms with Crippen LogP contribution in [0.2, 0.25) is 0 Å². The van der Waals surface area contributed by atoms with Crippen molar-refractivity contribution in [1.82, 2.24) is 0 Å². The molecule has 130 valence electrons. The minimum Gasteiger partial charge on any atom is -0.0619 e. The van der Waals surface area contributed by atoms with E-state index in [9.17, 15) is 0 Å². The third kappa shape index (κ3) is 2.42. The zero-order valence-corrected chi connectivity index (χ0v) is 16.7. The Morgan fingerprint density at radius 3 is 1.59 bits per heavy atom. The number of fused-ring (bicyclic) bond motifs is 3. The number of halogens is 1. The molecule has 0 radical (unpaired) electrons. The van der Waals surface area contributed by atoms with Crippen LogP contribution in [-0.2, 0) is 5.41 Å². The maximum absolute atomic E-state index is 3.67. The molecule has 0 saturated carbocycles. The first kappa shape index (κ1) is 16.5. The lowest BCUT2D eigenvalue weighted by atomic mass is 9.74. The summed E-state index contributed by atoms with van der Waals surface area (Å²) >= 11 is 3.67.